The molecular formula is C14H12O3S. The Morgan fingerprint density at radius 3 is 2.56 bits per heavy atom. The largest absolute Gasteiger partial charge is 0.503 e. The molecule has 0 amide bonds. The van der Waals surface area contributed by atoms with Crippen molar-refractivity contribution in [3.8, 4) is 11.5 Å². The first kappa shape index (κ1) is 12.5. The number of hydrogen-bond donors (Lipinski definition) is 1. The fraction of sp³-hybridized carbons (Fsp3) is 0.0714. The van der Waals surface area contributed by atoms with Gasteiger partial charge in [0.1, 0.15) is 6.29 Å². The van der Waals surface area contributed by atoms with Crippen molar-refractivity contribution in [2.24, 2.45) is 0 Å². The Bertz CT molecular complexity index is 552. The number of ether oxygens (including phenoxy) is 1. The van der Waals surface area contributed by atoms with E-state index in [-0.39, 0.29) is 5.75 Å². The number of phenols is 1. The highest BCUT2D eigenvalue weighted by atomic mass is 32.2. The molecule has 1 N–H and O–H groups in total. The van der Waals surface area contributed by atoms with Gasteiger partial charge in [0.05, 0.1) is 12.0 Å². The first-order valence-electron chi connectivity index (χ1n) is 5.33. The maximum absolute atomic E-state index is 10.8. The zero-order valence-electron chi connectivity index (χ0n) is 9.79. The van der Waals surface area contributed by atoms with Crippen LogP contribution in [-0.4, -0.2) is 18.5 Å². The maximum atomic E-state index is 10.8. The molecule has 92 valence electrons. The Labute approximate surface area is 109 Å². The lowest BCUT2D eigenvalue weighted by atomic mass is 10.2. The monoisotopic (exact) mass is 260 g/mol. The minimum Gasteiger partial charge on any atom is -0.503 e. The summed E-state index contributed by atoms with van der Waals surface area (Å²) < 4.78 is 5.04. The van der Waals surface area contributed by atoms with Crippen LogP contribution in [0.5, 0.6) is 11.5 Å². The van der Waals surface area contributed by atoms with Gasteiger partial charge < -0.3 is 9.84 Å². The molecule has 0 spiro atoms. The van der Waals surface area contributed by atoms with Crippen molar-refractivity contribution in [1.29, 1.82) is 0 Å². The molecule has 0 saturated carbocycles. The Morgan fingerprint density at radius 2 is 1.94 bits per heavy atom. The number of aldehydes is 1. The predicted molar refractivity (Wildman–Crippen MR) is 70.6 cm³/mol. The van der Waals surface area contributed by atoms with Crippen LogP contribution in [0.25, 0.3) is 0 Å². The Hall–Kier alpha value is -1.94. The van der Waals surface area contributed by atoms with E-state index >= 15 is 0 Å². The summed E-state index contributed by atoms with van der Waals surface area (Å²) in [4.78, 5) is 12.4. The molecule has 0 atom stereocenters. The maximum Gasteiger partial charge on any atom is 0.171 e. The molecular weight excluding hydrogens is 248 g/mol. The van der Waals surface area contributed by atoms with E-state index in [1.807, 2.05) is 30.3 Å². The van der Waals surface area contributed by atoms with Crippen molar-refractivity contribution < 1.29 is 14.6 Å². The normalized spacial score (nSPS) is 10.1. The molecule has 18 heavy (non-hydrogen) atoms. The van der Waals surface area contributed by atoms with E-state index in [4.69, 9.17) is 4.74 Å². The second-order valence-electron chi connectivity index (χ2n) is 3.60. The van der Waals surface area contributed by atoms with E-state index < -0.39 is 0 Å². The predicted octanol–water partition coefficient (Wildman–Crippen LogP) is 3.36. The summed E-state index contributed by atoms with van der Waals surface area (Å²) in [5.74, 6) is 0.356. The number of carbonyl (C=O) groups is 1. The van der Waals surface area contributed by atoms with E-state index in [1.165, 1.54) is 24.9 Å². The third-order valence-corrected chi connectivity index (χ3v) is 3.43. The van der Waals surface area contributed by atoms with E-state index in [2.05, 4.69) is 0 Å². The molecule has 0 unspecified atom stereocenters. The summed E-state index contributed by atoms with van der Waals surface area (Å²) in [5.41, 5.74) is 0.475. The second-order valence-corrected chi connectivity index (χ2v) is 4.72. The first-order valence-corrected chi connectivity index (χ1v) is 6.15. The van der Waals surface area contributed by atoms with Crippen LogP contribution in [-0.2, 0) is 0 Å². The van der Waals surface area contributed by atoms with Gasteiger partial charge in [0.15, 0.2) is 11.5 Å². The lowest BCUT2D eigenvalue weighted by Crippen LogP contribution is -1.89. The molecule has 0 aromatic heterocycles. The van der Waals surface area contributed by atoms with Gasteiger partial charge in [-0.3, -0.25) is 4.79 Å². The van der Waals surface area contributed by atoms with Gasteiger partial charge >= 0.3 is 0 Å². The minimum absolute atomic E-state index is 0.0527. The SMILES string of the molecule is COc1cc(C=O)cc(Sc2ccccc2)c1O. The second kappa shape index (κ2) is 5.60. The van der Waals surface area contributed by atoms with Crippen LogP contribution in [0, 0.1) is 0 Å². The summed E-state index contributed by atoms with van der Waals surface area (Å²) in [6.45, 7) is 0. The third-order valence-electron chi connectivity index (χ3n) is 2.39. The van der Waals surface area contributed by atoms with E-state index in [1.54, 1.807) is 6.07 Å². The van der Waals surface area contributed by atoms with Crippen molar-refractivity contribution in [2.45, 2.75) is 9.79 Å². The van der Waals surface area contributed by atoms with Crippen LogP contribution in [0.3, 0.4) is 0 Å². The van der Waals surface area contributed by atoms with Crippen molar-refractivity contribution in [1.82, 2.24) is 0 Å². The average Bonchev–Trinajstić information content (AvgIpc) is 2.42. The molecule has 2 aromatic rings. The van der Waals surface area contributed by atoms with Crippen LogP contribution < -0.4 is 4.74 Å². The van der Waals surface area contributed by atoms with Crippen molar-refractivity contribution in [3.63, 3.8) is 0 Å². The zero-order chi connectivity index (χ0) is 13.0. The van der Waals surface area contributed by atoms with Gasteiger partial charge in [-0.15, -0.1) is 0 Å². The minimum atomic E-state index is 0.0527. The lowest BCUT2D eigenvalue weighted by molar-refractivity contribution is 0.112. The van der Waals surface area contributed by atoms with E-state index in [0.29, 0.717) is 16.2 Å². The van der Waals surface area contributed by atoms with Gasteiger partial charge in [-0.1, -0.05) is 30.0 Å². The molecule has 3 nitrogen and oxygen atoms in total. The highest BCUT2D eigenvalue weighted by molar-refractivity contribution is 7.99. The zero-order valence-corrected chi connectivity index (χ0v) is 10.6. The number of aromatic hydroxyl groups is 1. The highest BCUT2D eigenvalue weighted by Gasteiger charge is 2.11. The van der Waals surface area contributed by atoms with Gasteiger partial charge in [0, 0.05) is 10.5 Å². The fourth-order valence-corrected chi connectivity index (χ4v) is 2.46. The Kier molecular flexibility index (Phi) is 3.89. The molecule has 0 fully saturated rings. The molecule has 4 heteroatoms. The van der Waals surface area contributed by atoms with Crippen LogP contribution in [0.4, 0.5) is 0 Å². The lowest BCUT2D eigenvalue weighted by Gasteiger charge is -2.09. The number of hydrogen-bond acceptors (Lipinski definition) is 4. The summed E-state index contributed by atoms with van der Waals surface area (Å²) in [6.07, 6.45) is 0.733. The number of benzene rings is 2. The standard InChI is InChI=1S/C14H12O3S/c1-17-12-7-10(9-15)8-13(14(12)16)18-11-5-3-2-4-6-11/h2-9,16H,1H3. The number of carbonyl (C=O) groups excluding carboxylic acids is 1. The van der Waals surface area contributed by atoms with Gasteiger partial charge in [0.25, 0.3) is 0 Å². The smallest absolute Gasteiger partial charge is 0.171 e. The summed E-state index contributed by atoms with van der Waals surface area (Å²) >= 11 is 1.38. The Balaban J connectivity index is 2.40. The molecule has 2 aromatic carbocycles. The summed E-state index contributed by atoms with van der Waals surface area (Å²) in [5, 5.41) is 10.0. The van der Waals surface area contributed by atoms with Crippen LogP contribution in [0.15, 0.2) is 52.3 Å². The van der Waals surface area contributed by atoms with Gasteiger partial charge in [0.2, 0.25) is 0 Å². The summed E-state index contributed by atoms with van der Waals surface area (Å²) in [6, 6.07) is 12.8. The van der Waals surface area contributed by atoms with Crippen LogP contribution in [0.1, 0.15) is 10.4 Å². The van der Waals surface area contributed by atoms with Crippen molar-refractivity contribution in [3.05, 3.63) is 48.0 Å². The molecule has 0 aliphatic heterocycles. The molecule has 0 heterocycles. The topological polar surface area (TPSA) is 46.5 Å². The molecule has 0 radical (unpaired) electrons. The average molecular weight is 260 g/mol. The number of rotatable bonds is 4. The quantitative estimate of drug-likeness (QED) is 0.856. The molecule has 0 saturated heterocycles. The molecule has 2 rings (SSSR count). The summed E-state index contributed by atoms with van der Waals surface area (Å²) in [7, 11) is 1.46. The molecule has 0 bridgehead atoms. The van der Waals surface area contributed by atoms with Gasteiger partial charge in [-0.25, -0.2) is 0 Å². The third kappa shape index (κ3) is 2.65. The van der Waals surface area contributed by atoms with Gasteiger partial charge in [-0.05, 0) is 24.3 Å². The fourth-order valence-electron chi connectivity index (χ4n) is 1.52. The van der Waals surface area contributed by atoms with E-state index in [9.17, 15) is 9.90 Å². The van der Waals surface area contributed by atoms with E-state index in [0.717, 1.165) is 11.2 Å². The molecule has 0 aliphatic carbocycles. The van der Waals surface area contributed by atoms with Gasteiger partial charge in [-0.2, -0.15) is 0 Å². The number of methoxy groups -OCH3 is 1. The number of phenolic OH excluding ortho intramolecular Hbond substituents is 1. The van der Waals surface area contributed by atoms with Crippen LogP contribution >= 0.6 is 11.8 Å². The van der Waals surface area contributed by atoms with Crippen molar-refractivity contribution in [2.75, 3.05) is 7.11 Å². The van der Waals surface area contributed by atoms with Crippen molar-refractivity contribution >= 4 is 18.0 Å². The first-order chi connectivity index (χ1) is 8.74. The van der Waals surface area contributed by atoms with Crippen LogP contribution in [0.2, 0.25) is 0 Å². The highest BCUT2D eigenvalue weighted by Crippen LogP contribution is 2.40. The molecule has 0 aliphatic rings. The Morgan fingerprint density at radius 1 is 1.22 bits per heavy atom.